The van der Waals surface area contributed by atoms with E-state index in [2.05, 4.69) is 16.7 Å². The second-order valence-corrected chi connectivity index (χ2v) is 7.00. The highest BCUT2D eigenvalue weighted by Gasteiger charge is 2.28. The third-order valence-corrected chi connectivity index (χ3v) is 5.27. The smallest absolute Gasteiger partial charge is 0.239 e. The molecule has 132 valence electrons. The van der Waals surface area contributed by atoms with E-state index in [1.165, 1.54) is 12.1 Å². The highest BCUT2D eigenvalue weighted by atomic mass is 19.1. The van der Waals surface area contributed by atoms with Gasteiger partial charge in [-0.25, -0.2) is 4.39 Å². The molecule has 2 saturated heterocycles. The molecule has 0 aliphatic carbocycles. The molecule has 24 heavy (non-hydrogen) atoms. The van der Waals surface area contributed by atoms with Gasteiger partial charge in [-0.2, -0.15) is 0 Å². The van der Waals surface area contributed by atoms with Gasteiger partial charge in [0, 0.05) is 39.3 Å². The van der Waals surface area contributed by atoms with Crippen LogP contribution in [0.5, 0.6) is 0 Å². The molecule has 2 fully saturated rings. The van der Waals surface area contributed by atoms with Crippen molar-refractivity contribution in [2.24, 2.45) is 0 Å². The van der Waals surface area contributed by atoms with Crippen LogP contribution in [-0.2, 0) is 11.3 Å². The summed E-state index contributed by atoms with van der Waals surface area (Å²) >= 11 is 0. The van der Waals surface area contributed by atoms with Crippen LogP contribution in [-0.4, -0.2) is 65.9 Å². The van der Waals surface area contributed by atoms with E-state index in [0.717, 1.165) is 70.6 Å². The molecule has 0 radical (unpaired) electrons. The Morgan fingerprint density at radius 2 is 1.71 bits per heavy atom. The highest BCUT2D eigenvalue weighted by Crippen LogP contribution is 2.15. The molecule has 0 aromatic heterocycles. The third-order valence-electron chi connectivity index (χ3n) is 5.27. The molecule has 5 heteroatoms. The first-order valence-electron chi connectivity index (χ1n) is 9.13. The van der Waals surface area contributed by atoms with E-state index in [9.17, 15) is 9.18 Å². The number of likely N-dealkylation sites (tertiary alicyclic amines) is 1. The van der Waals surface area contributed by atoms with Gasteiger partial charge in [-0.3, -0.25) is 14.6 Å². The van der Waals surface area contributed by atoms with E-state index in [1.54, 1.807) is 0 Å². The van der Waals surface area contributed by atoms with Crippen molar-refractivity contribution in [3.63, 3.8) is 0 Å². The first kappa shape index (κ1) is 17.4. The minimum atomic E-state index is -0.185. The predicted octanol–water partition coefficient (Wildman–Crippen LogP) is 2.34. The lowest BCUT2D eigenvalue weighted by molar-refractivity contribution is -0.135. The molecule has 1 atom stereocenters. The van der Waals surface area contributed by atoms with Crippen molar-refractivity contribution in [3.8, 4) is 0 Å². The van der Waals surface area contributed by atoms with Crippen molar-refractivity contribution >= 4 is 5.91 Å². The first-order chi connectivity index (χ1) is 11.6. The largest absolute Gasteiger partial charge is 0.341 e. The van der Waals surface area contributed by atoms with Gasteiger partial charge in [0.05, 0.1) is 6.04 Å². The molecule has 1 amide bonds. The van der Waals surface area contributed by atoms with Gasteiger partial charge < -0.3 is 4.90 Å². The fraction of sp³-hybridized carbons (Fsp3) is 0.632. The Bertz CT molecular complexity index is 542. The monoisotopic (exact) mass is 333 g/mol. The van der Waals surface area contributed by atoms with Crippen LogP contribution >= 0.6 is 0 Å². The van der Waals surface area contributed by atoms with E-state index in [1.807, 2.05) is 17.0 Å². The second-order valence-electron chi connectivity index (χ2n) is 7.00. The van der Waals surface area contributed by atoms with E-state index < -0.39 is 0 Å². The number of nitrogens with zero attached hydrogens (tertiary/aromatic N) is 3. The van der Waals surface area contributed by atoms with Gasteiger partial charge in [0.2, 0.25) is 5.91 Å². The highest BCUT2D eigenvalue weighted by molar-refractivity contribution is 5.81. The molecule has 1 unspecified atom stereocenters. The maximum absolute atomic E-state index is 13.0. The van der Waals surface area contributed by atoms with Gasteiger partial charge >= 0.3 is 0 Å². The number of hydrogen-bond donors (Lipinski definition) is 0. The summed E-state index contributed by atoms with van der Waals surface area (Å²) in [5.41, 5.74) is 1.14. The number of halogens is 1. The van der Waals surface area contributed by atoms with Gasteiger partial charge in [0.25, 0.3) is 0 Å². The summed E-state index contributed by atoms with van der Waals surface area (Å²) < 4.78 is 13.0. The van der Waals surface area contributed by atoms with Crippen molar-refractivity contribution in [1.29, 1.82) is 0 Å². The Kier molecular flexibility index (Phi) is 5.85. The fourth-order valence-electron chi connectivity index (χ4n) is 3.74. The normalized spacial score (nSPS) is 21.7. The summed E-state index contributed by atoms with van der Waals surface area (Å²) in [4.78, 5) is 19.3. The van der Waals surface area contributed by atoms with Gasteiger partial charge in [-0.15, -0.1) is 0 Å². The standard InChI is InChI=1S/C19H28FN3O/c1-16(19(24)23-10-2-3-11-23)22-12-4-9-21(13-14-22)15-17-5-7-18(20)8-6-17/h5-8,16H,2-4,9-15H2,1H3. The van der Waals surface area contributed by atoms with Crippen LogP contribution in [0, 0.1) is 5.82 Å². The van der Waals surface area contributed by atoms with Crippen molar-refractivity contribution in [3.05, 3.63) is 35.6 Å². The van der Waals surface area contributed by atoms with Crippen molar-refractivity contribution in [2.75, 3.05) is 39.3 Å². The van der Waals surface area contributed by atoms with Crippen molar-refractivity contribution in [2.45, 2.75) is 38.8 Å². The molecule has 3 rings (SSSR count). The molecule has 0 spiro atoms. The molecular formula is C19H28FN3O. The average Bonchev–Trinajstić information content (AvgIpc) is 3.03. The van der Waals surface area contributed by atoms with Gasteiger partial charge in [-0.1, -0.05) is 12.1 Å². The molecule has 1 aromatic carbocycles. The Morgan fingerprint density at radius 3 is 2.42 bits per heavy atom. The minimum Gasteiger partial charge on any atom is -0.341 e. The number of carbonyl (C=O) groups excluding carboxylic acids is 1. The van der Waals surface area contributed by atoms with Crippen LogP contribution in [0.4, 0.5) is 4.39 Å². The fourth-order valence-corrected chi connectivity index (χ4v) is 3.74. The maximum atomic E-state index is 13.0. The lowest BCUT2D eigenvalue weighted by Crippen LogP contribution is -2.47. The number of carbonyl (C=O) groups is 1. The molecule has 2 aliphatic heterocycles. The van der Waals surface area contributed by atoms with Crippen molar-refractivity contribution in [1.82, 2.24) is 14.7 Å². The number of benzene rings is 1. The Morgan fingerprint density at radius 1 is 1.00 bits per heavy atom. The lowest BCUT2D eigenvalue weighted by atomic mass is 10.2. The van der Waals surface area contributed by atoms with Crippen LogP contribution in [0.3, 0.4) is 0 Å². The SMILES string of the molecule is CC(C(=O)N1CCCC1)N1CCCN(Cc2ccc(F)cc2)CC1. The van der Waals surface area contributed by atoms with E-state index in [4.69, 9.17) is 0 Å². The van der Waals surface area contributed by atoms with Crippen LogP contribution in [0.2, 0.25) is 0 Å². The zero-order valence-corrected chi connectivity index (χ0v) is 14.6. The number of hydrogen-bond acceptors (Lipinski definition) is 3. The van der Waals surface area contributed by atoms with E-state index in [0.29, 0.717) is 5.91 Å². The average molecular weight is 333 g/mol. The van der Waals surface area contributed by atoms with Crippen LogP contribution in [0.25, 0.3) is 0 Å². The summed E-state index contributed by atoms with van der Waals surface area (Å²) in [7, 11) is 0. The topological polar surface area (TPSA) is 26.8 Å². The minimum absolute atomic E-state index is 0.0196. The summed E-state index contributed by atoms with van der Waals surface area (Å²) in [6.07, 6.45) is 3.35. The van der Waals surface area contributed by atoms with E-state index >= 15 is 0 Å². The zero-order chi connectivity index (χ0) is 16.9. The number of rotatable bonds is 4. The molecule has 0 saturated carbocycles. The van der Waals surface area contributed by atoms with Crippen LogP contribution in [0.15, 0.2) is 24.3 Å². The van der Waals surface area contributed by atoms with Crippen LogP contribution < -0.4 is 0 Å². The molecule has 4 nitrogen and oxygen atoms in total. The molecule has 2 heterocycles. The maximum Gasteiger partial charge on any atom is 0.239 e. The second kappa shape index (κ2) is 8.08. The Labute approximate surface area is 144 Å². The third kappa shape index (κ3) is 4.33. The summed E-state index contributed by atoms with van der Waals surface area (Å²) in [6.45, 7) is 8.62. The zero-order valence-electron chi connectivity index (χ0n) is 14.6. The van der Waals surface area contributed by atoms with Gasteiger partial charge in [0.15, 0.2) is 0 Å². The molecule has 2 aliphatic rings. The van der Waals surface area contributed by atoms with Gasteiger partial charge in [0.1, 0.15) is 5.82 Å². The van der Waals surface area contributed by atoms with Crippen LogP contribution in [0.1, 0.15) is 31.7 Å². The molecular weight excluding hydrogens is 305 g/mol. The summed E-state index contributed by atoms with van der Waals surface area (Å²) in [5, 5.41) is 0. The number of amides is 1. The van der Waals surface area contributed by atoms with Gasteiger partial charge in [-0.05, 0) is 50.4 Å². The predicted molar refractivity (Wildman–Crippen MR) is 93.1 cm³/mol. The van der Waals surface area contributed by atoms with E-state index in [-0.39, 0.29) is 11.9 Å². The Balaban J connectivity index is 1.52. The Hall–Kier alpha value is -1.46. The molecule has 0 bridgehead atoms. The first-order valence-corrected chi connectivity index (χ1v) is 9.13. The molecule has 0 N–H and O–H groups in total. The summed E-state index contributed by atoms with van der Waals surface area (Å²) in [6, 6.07) is 6.75. The molecule has 1 aromatic rings. The van der Waals surface area contributed by atoms with Crippen molar-refractivity contribution < 1.29 is 9.18 Å². The lowest BCUT2D eigenvalue weighted by Gasteiger charge is -2.30. The summed E-state index contributed by atoms with van der Waals surface area (Å²) in [5.74, 6) is 0.106. The quantitative estimate of drug-likeness (QED) is 0.846.